The summed E-state index contributed by atoms with van der Waals surface area (Å²) >= 11 is 0. The van der Waals surface area contributed by atoms with Gasteiger partial charge in [0.1, 0.15) is 0 Å². The number of sulfone groups is 1. The zero-order valence-electron chi connectivity index (χ0n) is 10.1. The molecule has 0 spiro atoms. The van der Waals surface area contributed by atoms with Gasteiger partial charge in [-0.05, 0) is 30.0 Å². The highest BCUT2D eigenvalue weighted by Gasteiger charge is 2.21. The van der Waals surface area contributed by atoms with E-state index in [-0.39, 0.29) is 6.04 Å². The molecule has 0 saturated heterocycles. The lowest BCUT2D eigenvalue weighted by molar-refractivity contribution is 0.277. The average molecular weight is 253 g/mol. The van der Waals surface area contributed by atoms with Crippen LogP contribution in [0, 0.1) is 5.92 Å². The predicted octanol–water partition coefficient (Wildman–Crippen LogP) is 2.28. The molecule has 1 saturated carbocycles. The Labute approximate surface area is 103 Å². The Morgan fingerprint density at radius 3 is 2.29 bits per heavy atom. The molecule has 17 heavy (non-hydrogen) atoms. The summed E-state index contributed by atoms with van der Waals surface area (Å²) in [6, 6.07) is 6.99. The van der Waals surface area contributed by atoms with E-state index in [4.69, 9.17) is 5.73 Å². The third-order valence-electron chi connectivity index (χ3n) is 3.55. The molecule has 0 radical (unpaired) electrons. The Morgan fingerprint density at radius 1 is 1.29 bits per heavy atom. The maximum atomic E-state index is 11.3. The van der Waals surface area contributed by atoms with Crippen LogP contribution in [0.15, 0.2) is 29.2 Å². The van der Waals surface area contributed by atoms with Crippen LogP contribution in [0.3, 0.4) is 0 Å². The van der Waals surface area contributed by atoms with Crippen LogP contribution in [0.4, 0.5) is 0 Å². The molecule has 1 atom stereocenters. The molecular weight excluding hydrogens is 234 g/mol. The van der Waals surface area contributed by atoms with Crippen molar-refractivity contribution in [2.24, 2.45) is 11.7 Å². The zero-order chi connectivity index (χ0) is 12.5. The summed E-state index contributed by atoms with van der Waals surface area (Å²) in [6.45, 7) is 0. The zero-order valence-corrected chi connectivity index (χ0v) is 10.9. The minimum absolute atomic E-state index is 0.0360. The first-order valence-corrected chi connectivity index (χ1v) is 7.91. The monoisotopic (exact) mass is 253 g/mol. The van der Waals surface area contributed by atoms with Crippen LogP contribution in [0.2, 0.25) is 0 Å². The number of rotatable bonds is 4. The maximum Gasteiger partial charge on any atom is 0.175 e. The van der Waals surface area contributed by atoms with E-state index in [9.17, 15) is 8.42 Å². The van der Waals surface area contributed by atoms with E-state index in [1.165, 1.54) is 25.5 Å². The first-order chi connectivity index (χ1) is 7.97. The van der Waals surface area contributed by atoms with Crippen molar-refractivity contribution >= 4 is 9.84 Å². The lowest BCUT2D eigenvalue weighted by Gasteiger charge is -2.28. The van der Waals surface area contributed by atoms with Gasteiger partial charge in [0.2, 0.25) is 0 Å². The smallest absolute Gasteiger partial charge is 0.175 e. The topological polar surface area (TPSA) is 60.2 Å². The van der Waals surface area contributed by atoms with Gasteiger partial charge in [0.15, 0.2) is 9.84 Å². The first-order valence-electron chi connectivity index (χ1n) is 6.02. The van der Waals surface area contributed by atoms with Crippen molar-refractivity contribution in [3.05, 3.63) is 29.8 Å². The molecule has 1 unspecified atom stereocenters. The van der Waals surface area contributed by atoms with Crippen LogP contribution in [-0.4, -0.2) is 14.7 Å². The van der Waals surface area contributed by atoms with Gasteiger partial charge in [-0.2, -0.15) is 0 Å². The molecule has 0 bridgehead atoms. The van der Waals surface area contributed by atoms with Gasteiger partial charge in [0, 0.05) is 12.3 Å². The van der Waals surface area contributed by atoms with Crippen molar-refractivity contribution < 1.29 is 8.42 Å². The van der Waals surface area contributed by atoms with Crippen LogP contribution in [0.1, 0.15) is 37.3 Å². The van der Waals surface area contributed by atoms with Crippen molar-refractivity contribution in [1.29, 1.82) is 0 Å². The SMILES string of the molecule is CS(=O)(=O)c1ccc(C(N)CC2CCC2)cc1. The molecule has 94 valence electrons. The highest BCUT2D eigenvalue weighted by atomic mass is 32.2. The predicted molar refractivity (Wildman–Crippen MR) is 68.4 cm³/mol. The second kappa shape index (κ2) is 4.78. The Balaban J connectivity index is 2.06. The second-order valence-electron chi connectivity index (χ2n) is 4.98. The Hall–Kier alpha value is -0.870. The van der Waals surface area contributed by atoms with E-state index in [0.717, 1.165) is 17.9 Å². The summed E-state index contributed by atoms with van der Waals surface area (Å²) in [5, 5.41) is 0. The van der Waals surface area contributed by atoms with E-state index >= 15 is 0 Å². The van der Waals surface area contributed by atoms with Gasteiger partial charge < -0.3 is 5.73 Å². The van der Waals surface area contributed by atoms with Crippen LogP contribution >= 0.6 is 0 Å². The van der Waals surface area contributed by atoms with E-state index in [1.807, 2.05) is 12.1 Å². The van der Waals surface area contributed by atoms with Gasteiger partial charge in [0.05, 0.1) is 4.90 Å². The summed E-state index contributed by atoms with van der Waals surface area (Å²) in [7, 11) is -3.10. The van der Waals surface area contributed by atoms with Crippen LogP contribution < -0.4 is 5.73 Å². The van der Waals surface area contributed by atoms with Gasteiger partial charge in [-0.25, -0.2) is 8.42 Å². The minimum Gasteiger partial charge on any atom is -0.324 e. The van der Waals surface area contributed by atoms with Gasteiger partial charge in [-0.15, -0.1) is 0 Å². The lowest BCUT2D eigenvalue weighted by atomic mass is 9.80. The van der Waals surface area contributed by atoms with Crippen molar-refractivity contribution in [1.82, 2.24) is 0 Å². The van der Waals surface area contributed by atoms with Crippen LogP contribution in [-0.2, 0) is 9.84 Å². The highest BCUT2D eigenvalue weighted by molar-refractivity contribution is 7.90. The molecule has 0 aliphatic heterocycles. The third kappa shape index (κ3) is 3.07. The first kappa shape index (κ1) is 12.6. The number of benzene rings is 1. The summed E-state index contributed by atoms with van der Waals surface area (Å²) in [5.74, 6) is 0.764. The molecule has 1 fully saturated rings. The minimum atomic E-state index is -3.10. The summed E-state index contributed by atoms with van der Waals surface area (Å²) in [6.07, 6.45) is 6.13. The fourth-order valence-corrected chi connectivity index (χ4v) is 2.82. The molecule has 2 rings (SSSR count). The van der Waals surface area contributed by atoms with Crippen molar-refractivity contribution in [3.8, 4) is 0 Å². The maximum absolute atomic E-state index is 11.3. The van der Waals surface area contributed by atoms with Gasteiger partial charge >= 0.3 is 0 Å². The van der Waals surface area contributed by atoms with Crippen molar-refractivity contribution in [2.45, 2.75) is 36.6 Å². The molecule has 0 heterocycles. The molecule has 1 aromatic rings. The number of nitrogens with two attached hydrogens (primary N) is 1. The second-order valence-corrected chi connectivity index (χ2v) is 7.00. The largest absolute Gasteiger partial charge is 0.324 e. The third-order valence-corrected chi connectivity index (χ3v) is 4.68. The van der Waals surface area contributed by atoms with E-state index in [0.29, 0.717) is 4.90 Å². The van der Waals surface area contributed by atoms with Gasteiger partial charge in [-0.3, -0.25) is 0 Å². The Morgan fingerprint density at radius 2 is 1.88 bits per heavy atom. The number of hydrogen-bond acceptors (Lipinski definition) is 3. The summed E-state index contributed by atoms with van der Waals surface area (Å²) in [5.41, 5.74) is 7.15. The van der Waals surface area contributed by atoms with Crippen molar-refractivity contribution in [3.63, 3.8) is 0 Å². The molecular formula is C13H19NO2S. The fraction of sp³-hybridized carbons (Fsp3) is 0.538. The lowest BCUT2D eigenvalue weighted by Crippen LogP contribution is -2.20. The van der Waals surface area contributed by atoms with Gasteiger partial charge in [-0.1, -0.05) is 31.4 Å². The summed E-state index contributed by atoms with van der Waals surface area (Å²) < 4.78 is 22.6. The standard InChI is InChI=1S/C13H19NO2S/c1-17(15,16)12-7-5-11(6-8-12)13(14)9-10-3-2-4-10/h5-8,10,13H,2-4,9,14H2,1H3. The quantitative estimate of drug-likeness (QED) is 0.895. The van der Waals surface area contributed by atoms with E-state index in [1.54, 1.807) is 12.1 Å². The van der Waals surface area contributed by atoms with Crippen LogP contribution in [0.5, 0.6) is 0 Å². The number of hydrogen-bond donors (Lipinski definition) is 1. The van der Waals surface area contributed by atoms with Crippen LogP contribution in [0.25, 0.3) is 0 Å². The molecule has 2 N–H and O–H groups in total. The molecule has 4 heteroatoms. The van der Waals surface area contributed by atoms with Gasteiger partial charge in [0.25, 0.3) is 0 Å². The fourth-order valence-electron chi connectivity index (χ4n) is 2.19. The molecule has 1 aliphatic carbocycles. The van der Waals surface area contributed by atoms with Crippen molar-refractivity contribution in [2.75, 3.05) is 6.26 Å². The average Bonchev–Trinajstić information content (AvgIpc) is 2.22. The Bertz CT molecular complexity index is 475. The molecule has 3 nitrogen and oxygen atoms in total. The van der Waals surface area contributed by atoms with E-state index < -0.39 is 9.84 Å². The molecule has 1 aliphatic rings. The molecule has 0 amide bonds. The highest BCUT2D eigenvalue weighted by Crippen LogP contribution is 2.33. The Kier molecular flexibility index (Phi) is 3.54. The van der Waals surface area contributed by atoms with E-state index in [2.05, 4.69) is 0 Å². The molecule has 1 aromatic carbocycles. The summed E-state index contributed by atoms with van der Waals surface area (Å²) in [4.78, 5) is 0.358. The molecule has 0 aromatic heterocycles. The normalized spacial score (nSPS) is 18.7.